The van der Waals surface area contributed by atoms with Gasteiger partial charge in [0.05, 0.1) is 7.11 Å². The van der Waals surface area contributed by atoms with E-state index in [0.717, 1.165) is 12.2 Å². The summed E-state index contributed by atoms with van der Waals surface area (Å²) in [4.78, 5) is 6.28. The van der Waals surface area contributed by atoms with Crippen molar-refractivity contribution in [2.45, 2.75) is 13.2 Å². The number of rotatable bonds is 9. The minimum absolute atomic E-state index is 0. The van der Waals surface area contributed by atoms with Crippen molar-refractivity contribution < 1.29 is 18.3 Å². The fourth-order valence-corrected chi connectivity index (χ4v) is 2.59. The molecule has 0 radical (unpaired) electrons. The van der Waals surface area contributed by atoms with Gasteiger partial charge in [-0.15, -0.1) is 24.0 Å². The zero-order valence-electron chi connectivity index (χ0n) is 16.7. The van der Waals surface area contributed by atoms with Gasteiger partial charge >= 0.3 is 6.61 Å². The highest BCUT2D eigenvalue weighted by Gasteiger charge is 2.11. The molecule has 0 spiro atoms. The highest BCUT2D eigenvalue weighted by molar-refractivity contribution is 14.0. The highest BCUT2D eigenvalue weighted by Crippen LogP contribution is 2.25. The molecule has 2 rings (SSSR count). The van der Waals surface area contributed by atoms with Crippen molar-refractivity contribution >= 4 is 35.6 Å². The van der Waals surface area contributed by atoms with Gasteiger partial charge in [0.15, 0.2) is 5.96 Å². The number of likely N-dealkylation sites (N-methyl/N-ethyl adjacent to an activating group) is 1. The van der Waals surface area contributed by atoms with Crippen LogP contribution < -0.4 is 25.0 Å². The fourth-order valence-electron chi connectivity index (χ4n) is 2.59. The molecule has 6 nitrogen and oxygen atoms in total. The van der Waals surface area contributed by atoms with E-state index in [0.29, 0.717) is 23.8 Å². The molecule has 2 aromatic carbocycles. The predicted molar refractivity (Wildman–Crippen MR) is 123 cm³/mol. The van der Waals surface area contributed by atoms with Crippen LogP contribution in [0, 0.1) is 0 Å². The summed E-state index contributed by atoms with van der Waals surface area (Å²) in [5, 5.41) is 6.31. The molecular weight excluding hydrogens is 493 g/mol. The summed E-state index contributed by atoms with van der Waals surface area (Å²) in [5.74, 6) is 1.22. The van der Waals surface area contributed by atoms with Crippen LogP contribution in [0.1, 0.15) is 5.56 Å². The largest absolute Gasteiger partial charge is 0.497 e. The number of para-hydroxylation sites is 1. The van der Waals surface area contributed by atoms with Crippen molar-refractivity contribution in [2.24, 2.45) is 4.99 Å². The number of anilines is 1. The van der Waals surface area contributed by atoms with Gasteiger partial charge in [-0.25, -0.2) is 0 Å². The quantitative estimate of drug-likeness (QED) is 0.300. The summed E-state index contributed by atoms with van der Waals surface area (Å²) in [6, 6.07) is 14.7. The van der Waals surface area contributed by atoms with Gasteiger partial charge in [0.2, 0.25) is 0 Å². The first-order valence-corrected chi connectivity index (χ1v) is 8.86. The molecule has 29 heavy (non-hydrogen) atoms. The van der Waals surface area contributed by atoms with Gasteiger partial charge in [-0.05, 0) is 30.3 Å². The SMILES string of the molecule is CN=C(NCCN(C)c1ccccc1)NCc1cc(OC)ccc1OC(F)F.I. The zero-order valence-corrected chi connectivity index (χ0v) is 19.0. The molecule has 9 heteroatoms. The predicted octanol–water partition coefficient (Wildman–Crippen LogP) is 3.72. The standard InChI is InChI=1S/C20H26F2N4O2.HI/c1-23-20(24-11-12-26(2)16-7-5-4-6-8-16)25-14-15-13-17(27-3)9-10-18(15)28-19(21)22;/h4-10,13,19H,11-12,14H2,1-3H3,(H2,23,24,25);1H. The third-order valence-corrected chi connectivity index (χ3v) is 4.09. The van der Waals surface area contributed by atoms with Gasteiger partial charge in [-0.3, -0.25) is 4.99 Å². The molecule has 0 atom stereocenters. The van der Waals surface area contributed by atoms with Gasteiger partial charge in [-0.2, -0.15) is 8.78 Å². The number of benzene rings is 2. The van der Waals surface area contributed by atoms with Crippen LogP contribution in [-0.4, -0.2) is 46.9 Å². The Morgan fingerprint density at radius 3 is 2.48 bits per heavy atom. The number of methoxy groups -OCH3 is 1. The number of hydrogen-bond donors (Lipinski definition) is 2. The minimum atomic E-state index is -2.89. The second-order valence-corrected chi connectivity index (χ2v) is 5.96. The van der Waals surface area contributed by atoms with E-state index in [-0.39, 0.29) is 36.3 Å². The average molecular weight is 520 g/mol. The number of hydrogen-bond acceptors (Lipinski definition) is 4. The van der Waals surface area contributed by atoms with E-state index in [9.17, 15) is 8.78 Å². The van der Waals surface area contributed by atoms with Crippen LogP contribution in [-0.2, 0) is 6.54 Å². The monoisotopic (exact) mass is 520 g/mol. The van der Waals surface area contributed by atoms with E-state index in [4.69, 9.17) is 4.74 Å². The maximum Gasteiger partial charge on any atom is 0.387 e. The molecule has 0 aromatic heterocycles. The topological polar surface area (TPSA) is 58.1 Å². The number of halogens is 3. The third-order valence-electron chi connectivity index (χ3n) is 4.09. The van der Waals surface area contributed by atoms with E-state index in [1.54, 1.807) is 19.2 Å². The molecule has 0 bridgehead atoms. The Morgan fingerprint density at radius 2 is 1.86 bits per heavy atom. The summed E-state index contributed by atoms with van der Waals surface area (Å²) >= 11 is 0. The van der Waals surface area contributed by atoms with Crippen molar-refractivity contribution in [3.05, 3.63) is 54.1 Å². The maximum absolute atomic E-state index is 12.6. The van der Waals surface area contributed by atoms with Crippen LogP contribution in [0.3, 0.4) is 0 Å². The first-order valence-electron chi connectivity index (χ1n) is 8.86. The lowest BCUT2D eigenvalue weighted by Crippen LogP contribution is -2.40. The molecule has 0 aliphatic rings. The third kappa shape index (κ3) is 8.30. The molecule has 0 saturated carbocycles. The molecule has 0 aliphatic heterocycles. The van der Waals surface area contributed by atoms with Crippen LogP contribution in [0.25, 0.3) is 0 Å². The van der Waals surface area contributed by atoms with Gasteiger partial charge in [0, 0.05) is 45.0 Å². The first kappa shape index (κ1) is 24.7. The van der Waals surface area contributed by atoms with Crippen LogP contribution in [0.2, 0.25) is 0 Å². The second-order valence-electron chi connectivity index (χ2n) is 5.96. The Balaban J connectivity index is 0.00000420. The summed E-state index contributed by atoms with van der Waals surface area (Å²) in [5.41, 5.74) is 1.67. The van der Waals surface area contributed by atoms with E-state index in [1.807, 2.05) is 37.4 Å². The Labute approximate surface area is 187 Å². The fraction of sp³-hybridized carbons (Fsp3) is 0.350. The summed E-state index contributed by atoms with van der Waals surface area (Å²) in [6.07, 6.45) is 0. The number of ether oxygens (including phenoxy) is 2. The van der Waals surface area contributed by atoms with E-state index < -0.39 is 6.61 Å². The van der Waals surface area contributed by atoms with Crippen molar-refractivity contribution in [3.8, 4) is 11.5 Å². The molecule has 0 amide bonds. The summed E-state index contributed by atoms with van der Waals surface area (Å²) < 4.78 is 35.0. The van der Waals surface area contributed by atoms with Crippen molar-refractivity contribution in [2.75, 3.05) is 39.2 Å². The molecule has 0 aliphatic carbocycles. The van der Waals surface area contributed by atoms with Crippen LogP contribution >= 0.6 is 24.0 Å². The van der Waals surface area contributed by atoms with Crippen molar-refractivity contribution in [3.63, 3.8) is 0 Å². The second kappa shape index (κ2) is 13.0. The Morgan fingerprint density at radius 1 is 1.14 bits per heavy atom. The average Bonchev–Trinajstić information content (AvgIpc) is 2.71. The molecule has 0 saturated heterocycles. The number of nitrogens with zero attached hydrogens (tertiary/aromatic N) is 2. The lowest BCUT2D eigenvalue weighted by Gasteiger charge is -2.20. The lowest BCUT2D eigenvalue weighted by molar-refractivity contribution is -0.0504. The first-order chi connectivity index (χ1) is 13.5. The van der Waals surface area contributed by atoms with Gasteiger partial charge in [-0.1, -0.05) is 18.2 Å². The van der Waals surface area contributed by atoms with E-state index >= 15 is 0 Å². The highest BCUT2D eigenvalue weighted by atomic mass is 127. The molecule has 0 fully saturated rings. The lowest BCUT2D eigenvalue weighted by atomic mass is 10.2. The minimum Gasteiger partial charge on any atom is -0.497 e. The molecule has 0 heterocycles. The molecule has 2 N–H and O–H groups in total. The molecule has 2 aromatic rings. The summed E-state index contributed by atoms with van der Waals surface area (Å²) in [6.45, 7) is -1.21. The Bertz CT molecular complexity index is 763. The maximum atomic E-state index is 12.6. The van der Waals surface area contributed by atoms with Crippen LogP contribution in [0.4, 0.5) is 14.5 Å². The van der Waals surface area contributed by atoms with Gasteiger partial charge in [0.25, 0.3) is 0 Å². The van der Waals surface area contributed by atoms with Crippen LogP contribution in [0.5, 0.6) is 11.5 Å². The smallest absolute Gasteiger partial charge is 0.387 e. The summed E-state index contributed by atoms with van der Waals surface area (Å²) in [7, 11) is 5.18. The van der Waals surface area contributed by atoms with Crippen molar-refractivity contribution in [1.82, 2.24) is 10.6 Å². The Kier molecular flexibility index (Phi) is 11.1. The zero-order chi connectivity index (χ0) is 20.4. The normalized spacial score (nSPS) is 10.9. The molecule has 0 unspecified atom stereocenters. The number of alkyl halides is 2. The van der Waals surface area contributed by atoms with E-state index in [2.05, 4.69) is 25.3 Å². The molecule has 160 valence electrons. The Hall–Kier alpha value is -2.30. The van der Waals surface area contributed by atoms with Crippen LogP contribution in [0.15, 0.2) is 53.5 Å². The number of aliphatic imine (C=N–C) groups is 1. The van der Waals surface area contributed by atoms with Crippen molar-refractivity contribution in [1.29, 1.82) is 0 Å². The van der Waals surface area contributed by atoms with Gasteiger partial charge in [0.1, 0.15) is 11.5 Å². The number of nitrogens with one attached hydrogen (secondary N) is 2. The number of guanidine groups is 1. The molecular formula is C20H27F2IN4O2. The van der Waals surface area contributed by atoms with Gasteiger partial charge < -0.3 is 25.0 Å². The van der Waals surface area contributed by atoms with E-state index in [1.165, 1.54) is 13.2 Å².